The molecule has 1 aromatic carbocycles. The maximum absolute atomic E-state index is 10.1. The summed E-state index contributed by atoms with van der Waals surface area (Å²) in [6.07, 6.45) is -4.63. The van der Waals surface area contributed by atoms with Crippen molar-refractivity contribution < 1.29 is 30.3 Å². The van der Waals surface area contributed by atoms with E-state index in [0.29, 0.717) is 0 Å². The average Bonchev–Trinajstić information content (AvgIpc) is 2.41. The van der Waals surface area contributed by atoms with E-state index in [0.717, 1.165) is 4.47 Å². The topological polar surface area (TPSA) is 110 Å². The molecule has 0 heterocycles. The highest BCUT2D eigenvalue weighted by atomic mass is 79.9. The third-order valence-corrected chi connectivity index (χ3v) is 3.99. The van der Waals surface area contributed by atoms with Crippen molar-refractivity contribution in [3.8, 4) is 5.75 Å². The molecule has 2 rings (SSSR count). The molecule has 0 bridgehead atoms. The van der Waals surface area contributed by atoms with Crippen LogP contribution >= 0.6 is 15.9 Å². The Balaban J connectivity index is 2.11. The molecule has 1 aliphatic carbocycles. The van der Waals surface area contributed by atoms with E-state index >= 15 is 0 Å². The normalized spacial score (nSPS) is 35.6. The first kappa shape index (κ1) is 14.7. The molecule has 5 atom stereocenters. The first-order valence-electron chi connectivity index (χ1n) is 5.71. The third kappa shape index (κ3) is 2.37. The summed E-state index contributed by atoms with van der Waals surface area (Å²) in [5, 5.41) is 48.1. The van der Waals surface area contributed by atoms with Gasteiger partial charge in [-0.25, -0.2) is 0 Å². The van der Waals surface area contributed by atoms with Gasteiger partial charge in [0.05, 0.1) is 12.7 Å². The van der Waals surface area contributed by atoms with Crippen LogP contribution < -0.4 is 4.74 Å². The van der Waals surface area contributed by atoms with Gasteiger partial charge >= 0.3 is 0 Å². The van der Waals surface area contributed by atoms with Crippen LogP contribution in [0.5, 0.6) is 5.75 Å². The van der Waals surface area contributed by atoms with Gasteiger partial charge in [0.2, 0.25) is 6.29 Å². The number of rotatable bonds is 4. The van der Waals surface area contributed by atoms with Crippen molar-refractivity contribution in [3.05, 3.63) is 28.7 Å². The van der Waals surface area contributed by atoms with Crippen LogP contribution in [0.1, 0.15) is 0 Å². The Hall–Kier alpha value is -0.700. The van der Waals surface area contributed by atoms with Gasteiger partial charge in [0.1, 0.15) is 11.9 Å². The quantitative estimate of drug-likeness (QED) is 0.462. The van der Waals surface area contributed by atoms with Gasteiger partial charge in [-0.2, -0.15) is 0 Å². The van der Waals surface area contributed by atoms with Crippen molar-refractivity contribution in [2.45, 2.75) is 24.1 Å². The zero-order valence-corrected chi connectivity index (χ0v) is 11.4. The summed E-state index contributed by atoms with van der Waals surface area (Å²) in [7, 11) is 0. The van der Waals surface area contributed by atoms with E-state index in [1.54, 1.807) is 24.3 Å². The van der Waals surface area contributed by atoms with Gasteiger partial charge < -0.3 is 30.3 Å². The smallest absolute Gasteiger partial charge is 0.229 e. The molecule has 7 heteroatoms. The fourth-order valence-corrected chi connectivity index (χ4v) is 2.45. The maximum atomic E-state index is 10.1. The SMILES string of the molecule is OCC1C(O)C(O)C1(O)C(O)Oc1ccc(Br)cc1. The number of hydrogen-bond donors (Lipinski definition) is 5. The van der Waals surface area contributed by atoms with Crippen LogP contribution in [0.2, 0.25) is 0 Å². The highest BCUT2D eigenvalue weighted by Gasteiger charge is 2.65. The van der Waals surface area contributed by atoms with Crippen molar-refractivity contribution in [2.75, 3.05) is 6.61 Å². The molecule has 5 N–H and O–H groups in total. The summed E-state index contributed by atoms with van der Waals surface area (Å²) < 4.78 is 5.95. The van der Waals surface area contributed by atoms with Crippen molar-refractivity contribution in [2.24, 2.45) is 5.92 Å². The first-order valence-corrected chi connectivity index (χ1v) is 6.50. The molecule has 106 valence electrons. The number of ether oxygens (including phenoxy) is 1. The minimum absolute atomic E-state index is 0.286. The molecule has 1 aliphatic rings. The number of benzene rings is 1. The second-order valence-electron chi connectivity index (χ2n) is 4.54. The third-order valence-electron chi connectivity index (χ3n) is 3.46. The lowest BCUT2D eigenvalue weighted by atomic mass is 9.64. The molecule has 0 amide bonds. The minimum atomic E-state index is -2.10. The molecule has 0 radical (unpaired) electrons. The number of hydrogen-bond acceptors (Lipinski definition) is 6. The second kappa shape index (κ2) is 5.35. The number of aliphatic hydroxyl groups excluding tert-OH is 4. The van der Waals surface area contributed by atoms with Crippen molar-refractivity contribution in [1.29, 1.82) is 0 Å². The summed E-state index contributed by atoms with van der Waals surface area (Å²) in [6.45, 7) is -0.574. The average molecular weight is 335 g/mol. The fourth-order valence-electron chi connectivity index (χ4n) is 2.19. The summed E-state index contributed by atoms with van der Waals surface area (Å²) in [4.78, 5) is 0. The molecule has 1 saturated carbocycles. The highest BCUT2D eigenvalue weighted by Crippen LogP contribution is 2.42. The molecule has 0 aromatic heterocycles. The summed E-state index contributed by atoms with van der Waals surface area (Å²) >= 11 is 3.24. The Morgan fingerprint density at radius 1 is 1.26 bits per heavy atom. The van der Waals surface area contributed by atoms with Crippen molar-refractivity contribution in [1.82, 2.24) is 0 Å². The number of aliphatic hydroxyl groups is 5. The summed E-state index contributed by atoms with van der Waals surface area (Å²) in [5.41, 5.74) is -2.10. The molecule has 1 fully saturated rings. The van der Waals surface area contributed by atoms with E-state index in [-0.39, 0.29) is 5.75 Å². The van der Waals surface area contributed by atoms with E-state index in [2.05, 4.69) is 15.9 Å². The zero-order chi connectivity index (χ0) is 14.2. The Morgan fingerprint density at radius 2 is 1.84 bits per heavy atom. The van der Waals surface area contributed by atoms with Crippen LogP contribution in [0.25, 0.3) is 0 Å². The monoisotopic (exact) mass is 334 g/mol. The molecular weight excluding hydrogens is 320 g/mol. The molecule has 5 unspecified atom stereocenters. The highest BCUT2D eigenvalue weighted by molar-refractivity contribution is 9.10. The van der Waals surface area contributed by atoms with E-state index in [1.807, 2.05) is 0 Å². The lowest BCUT2D eigenvalue weighted by Crippen LogP contribution is -2.76. The van der Waals surface area contributed by atoms with Crippen LogP contribution in [0.15, 0.2) is 28.7 Å². The Kier molecular flexibility index (Phi) is 4.14. The number of halogens is 1. The van der Waals surface area contributed by atoms with Gasteiger partial charge in [0, 0.05) is 10.4 Å². The van der Waals surface area contributed by atoms with Gasteiger partial charge in [-0.05, 0) is 24.3 Å². The van der Waals surface area contributed by atoms with Gasteiger partial charge in [0.25, 0.3) is 0 Å². The molecule has 0 saturated heterocycles. The Bertz CT molecular complexity index is 438. The minimum Gasteiger partial charge on any atom is -0.462 e. The lowest BCUT2D eigenvalue weighted by Gasteiger charge is -2.53. The Morgan fingerprint density at radius 3 is 2.37 bits per heavy atom. The Labute approximate surface area is 118 Å². The van der Waals surface area contributed by atoms with Crippen LogP contribution in [0.4, 0.5) is 0 Å². The zero-order valence-electron chi connectivity index (χ0n) is 9.85. The van der Waals surface area contributed by atoms with Crippen LogP contribution in [0, 0.1) is 5.92 Å². The van der Waals surface area contributed by atoms with Crippen LogP contribution in [-0.4, -0.2) is 56.2 Å². The van der Waals surface area contributed by atoms with E-state index in [1.165, 1.54) is 0 Å². The standard InChI is InChI=1S/C12H15BrO6/c13-6-1-3-7(4-2-6)19-11(17)12(18)8(5-14)9(15)10(12)16/h1-4,8-11,14-18H,5H2. The van der Waals surface area contributed by atoms with Gasteiger partial charge in [-0.1, -0.05) is 15.9 Å². The first-order chi connectivity index (χ1) is 8.91. The van der Waals surface area contributed by atoms with Gasteiger partial charge in [-0.3, -0.25) is 0 Å². The van der Waals surface area contributed by atoms with Crippen molar-refractivity contribution in [3.63, 3.8) is 0 Å². The van der Waals surface area contributed by atoms with Gasteiger partial charge in [-0.15, -0.1) is 0 Å². The lowest BCUT2D eigenvalue weighted by molar-refractivity contribution is -0.332. The van der Waals surface area contributed by atoms with Gasteiger partial charge in [0.15, 0.2) is 5.60 Å². The molecule has 19 heavy (non-hydrogen) atoms. The molecular formula is C12H15BrO6. The predicted molar refractivity (Wildman–Crippen MR) is 68.3 cm³/mol. The molecule has 0 aliphatic heterocycles. The van der Waals surface area contributed by atoms with E-state index in [4.69, 9.17) is 9.84 Å². The van der Waals surface area contributed by atoms with Crippen molar-refractivity contribution >= 4 is 15.9 Å². The molecule has 6 nitrogen and oxygen atoms in total. The fraction of sp³-hybridized carbons (Fsp3) is 0.500. The summed E-state index contributed by atoms with van der Waals surface area (Å²) in [6, 6.07) is 6.49. The summed E-state index contributed by atoms with van der Waals surface area (Å²) in [5.74, 6) is -0.776. The van der Waals surface area contributed by atoms with E-state index in [9.17, 15) is 20.4 Å². The predicted octanol–water partition coefficient (Wildman–Crippen LogP) is -0.779. The van der Waals surface area contributed by atoms with Crippen LogP contribution in [0.3, 0.4) is 0 Å². The van der Waals surface area contributed by atoms with E-state index < -0.39 is 36.6 Å². The largest absolute Gasteiger partial charge is 0.462 e. The molecule has 0 spiro atoms. The molecule has 1 aromatic rings. The van der Waals surface area contributed by atoms with Crippen LogP contribution in [-0.2, 0) is 0 Å². The second-order valence-corrected chi connectivity index (χ2v) is 5.45. The maximum Gasteiger partial charge on any atom is 0.229 e.